The molecule has 3 aromatic rings. The lowest BCUT2D eigenvalue weighted by molar-refractivity contribution is 0.300. The number of ether oxygens (including phenoxy) is 2. The highest BCUT2D eigenvalue weighted by Crippen LogP contribution is 2.35. The van der Waals surface area contributed by atoms with Crippen molar-refractivity contribution in [3.05, 3.63) is 51.4 Å². The van der Waals surface area contributed by atoms with Crippen molar-refractivity contribution in [1.29, 1.82) is 0 Å². The van der Waals surface area contributed by atoms with E-state index in [1.54, 1.807) is 29.3 Å². The monoisotopic (exact) mass is 384 g/mol. The van der Waals surface area contributed by atoms with E-state index in [2.05, 4.69) is 11.9 Å². The van der Waals surface area contributed by atoms with Crippen molar-refractivity contribution in [2.75, 3.05) is 13.7 Å². The maximum atomic E-state index is 13.0. The molecule has 4 rings (SSSR count). The number of benzene rings is 1. The first-order valence-electron chi connectivity index (χ1n) is 9.42. The molecule has 1 aromatic carbocycles. The summed E-state index contributed by atoms with van der Waals surface area (Å²) in [6.07, 6.45) is 5.66. The largest absolute Gasteiger partial charge is 0.497 e. The van der Waals surface area contributed by atoms with Crippen LogP contribution in [0.15, 0.2) is 35.4 Å². The third-order valence-corrected chi connectivity index (χ3v) is 6.32. The highest BCUT2D eigenvalue weighted by Gasteiger charge is 2.23. The highest BCUT2D eigenvalue weighted by molar-refractivity contribution is 7.18. The molecule has 1 aliphatic carbocycles. The zero-order valence-corrected chi connectivity index (χ0v) is 16.6. The number of fused-ring (bicyclic) bond motifs is 3. The van der Waals surface area contributed by atoms with Crippen LogP contribution in [0.4, 0.5) is 0 Å². The van der Waals surface area contributed by atoms with E-state index in [-0.39, 0.29) is 5.56 Å². The molecule has 0 N–H and O–H groups in total. The predicted molar refractivity (Wildman–Crippen MR) is 108 cm³/mol. The van der Waals surface area contributed by atoms with Gasteiger partial charge in [-0.15, -0.1) is 11.3 Å². The first kappa shape index (κ1) is 18.0. The van der Waals surface area contributed by atoms with Gasteiger partial charge in [0.25, 0.3) is 5.56 Å². The summed E-state index contributed by atoms with van der Waals surface area (Å²) in [6.45, 7) is 3.44. The van der Waals surface area contributed by atoms with Gasteiger partial charge in [0.15, 0.2) is 0 Å². The van der Waals surface area contributed by atoms with Crippen LogP contribution in [0, 0.1) is 5.92 Å². The summed E-state index contributed by atoms with van der Waals surface area (Å²) in [5, 5.41) is 0.848. The van der Waals surface area contributed by atoms with Gasteiger partial charge in [0.05, 0.1) is 25.4 Å². The summed E-state index contributed by atoms with van der Waals surface area (Å²) in [5.74, 6) is 2.31. The number of nitrogens with zero attached hydrogens (tertiary/aromatic N) is 2. The van der Waals surface area contributed by atoms with Crippen molar-refractivity contribution in [3.8, 4) is 11.5 Å². The molecule has 0 radical (unpaired) electrons. The van der Waals surface area contributed by atoms with Crippen LogP contribution >= 0.6 is 11.3 Å². The molecule has 0 fully saturated rings. The Morgan fingerprint density at radius 1 is 1.26 bits per heavy atom. The first-order valence-corrected chi connectivity index (χ1v) is 10.2. The lowest BCUT2D eigenvalue weighted by Crippen LogP contribution is -2.22. The van der Waals surface area contributed by atoms with Gasteiger partial charge >= 0.3 is 0 Å². The van der Waals surface area contributed by atoms with Crippen molar-refractivity contribution in [2.24, 2.45) is 5.92 Å². The van der Waals surface area contributed by atoms with Crippen LogP contribution in [-0.2, 0) is 19.4 Å². The molecule has 142 valence electrons. The Kier molecular flexibility index (Phi) is 5.16. The smallest absolute Gasteiger partial charge is 0.262 e. The fraction of sp³-hybridized carbons (Fsp3) is 0.429. The van der Waals surface area contributed by atoms with Crippen LogP contribution in [-0.4, -0.2) is 23.3 Å². The summed E-state index contributed by atoms with van der Waals surface area (Å²) in [6, 6.07) is 7.52. The van der Waals surface area contributed by atoms with E-state index in [1.807, 2.05) is 24.3 Å². The van der Waals surface area contributed by atoms with E-state index in [4.69, 9.17) is 9.47 Å². The second-order valence-corrected chi connectivity index (χ2v) is 8.24. The van der Waals surface area contributed by atoms with Gasteiger partial charge in [-0.25, -0.2) is 4.98 Å². The number of aromatic nitrogens is 2. The third kappa shape index (κ3) is 3.72. The van der Waals surface area contributed by atoms with Gasteiger partial charge in [-0.2, -0.15) is 0 Å². The number of thiophene rings is 1. The summed E-state index contributed by atoms with van der Waals surface area (Å²) < 4.78 is 12.6. The van der Waals surface area contributed by atoms with E-state index in [0.29, 0.717) is 19.1 Å². The minimum Gasteiger partial charge on any atom is -0.497 e. The second-order valence-electron chi connectivity index (χ2n) is 7.15. The summed E-state index contributed by atoms with van der Waals surface area (Å²) in [4.78, 5) is 19.8. The van der Waals surface area contributed by atoms with Gasteiger partial charge < -0.3 is 9.47 Å². The third-order valence-electron chi connectivity index (χ3n) is 5.15. The second kappa shape index (κ2) is 7.72. The molecule has 0 saturated heterocycles. The Hall–Kier alpha value is -2.34. The van der Waals surface area contributed by atoms with Crippen LogP contribution in [0.2, 0.25) is 0 Å². The van der Waals surface area contributed by atoms with E-state index in [9.17, 15) is 4.79 Å². The molecule has 0 aliphatic heterocycles. The van der Waals surface area contributed by atoms with Crippen LogP contribution in [0.1, 0.15) is 30.2 Å². The number of methoxy groups -OCH3 is 1. The Morgan fingerprint density at radius 2 is 2.04 bits per heavy atom. The first-order chi connectivity index (χ1) is 13.2. The van der Waals surface area contributed by atoms with Gasteiger partial charge in [0.2, 0.25) is 0 Å². The van der Waals surface area contributed by atoms with Gasteiger partial charge in [0, 0.05) is 11.4 Å². The highest BCUT2D eigenvalue weighted by atomic mass is 32.1. The molecule has 27 heavy (non-hydrogen) atoms. The lowest BCUT2D eigenvalue weighted by atomic mass is 9.89. The van der Waals surface area contributed by atoms with Crippen molar-refractivity contribution >= 4 is 21.6 Å². The summed E-state index contributed by atoms with van der Waals surface area (Å²) in [7, 11) is 1.64. The van der Waals surface area contributed by atoms with Gasteiger partial charge in [-0.3, -0.25) is 9.36 Å². The van der Waals surface area contributed by atoms with E-state index >= 15 is 0 Å². The Morgan fingerprint density at radius 3 is 2.81 bits per heavy atom. The quantitative estimate of drug-likeness (QED) is 0.602. The minimum absolute atomic E-state index is 0.0940. The fourth-order valence-electron chi connectivity index (χ4n) is 3.62. The number of hydrogen-bond donors (Lipinski definition) is 0. The van der Waals surface area contributed by atoms with Crippen LogP contribution in [0.25, 0.3) is 10.2 Å². The molecule has 0 amide bonds. The molecule has 0 bridgehead atoms. The van der Waals surface area contributed by atoms with Crippen LogP contribution < -0.4 is 15.0 Å². The van der Waals surface area contributed by atoms with Crippen molar-refractivity contribution in [1.82, 2.24) is 9.55 Å². The Labute approximate surface area is 162 Å². The summed E-state index contributed by atoms with van der Waals surface area (Å²) >= 11 is 1.70. The Bertz CT molecular complexity index is 991. The number of hydrogen-bond acceptors (Lipinski definition) is 5. The molecule has 6 heteroatoms. The normalized spacial score (nSPS) is 16.3. The molecular formula is C21H24N2O3S. The van der Waals surface area contributed by atoms with Gasteiger partial charge in [-0.1, -0.05) is 6.92 Å². The number of rotatable bonds is 6. The average molecular weight is 385 g/mol. The average Bonchev–Trinajstić information content (AvgIpc) is 3.05. The molecule has 1 aliphatic rings. The molecule has 5 nitrogen and oxygen atoms in total. The van der Waals surface area contributed by atoms with Crippen LogP contribution in [0.3, 0.4) is 0 Å². The minimum atomic E-state index is 0.0940. The molecular weight excluding hydrogens is 360 g/mol. The number of aryl methyl sites for hydroxylation is 2. The summed E-state index contributed by atoms with van der Waals surface area (Å²) in [5.41, 5.74) is 1.34. The van der Waals surface area contributed by atoms with Crippen LogP contribution in [0.5, 0.6) is 11.5 Å². The van der Waals surface area contributed by atoms with Crippen molar-refractivity contribution in [2.45, 2.75) is 39.2 Å². The maximum Gasteiger partial charge on any atom is 0.262 e. The van der Waals surface area contributed by atoms with E-state index in [1.165, 1.54) is 10.4 Å². The van der Waals surface area contributed by atoms with Crippen molar-refractivity contribution in [3.63, 3.8) is 0 Å². The van der Waals surface area contributed by atoms with Crippen molar-refractivity contribution < 1.29 is 9.47 Å². The molecule has 0 saturated carbocycles. The molecule has 1 unspecified atom stereocenters. The maximum absolute atomic E-state index is 13.0. The molecule has 2 aromatic heterocycles. The van der Waals surface area contributed by atoms with Gasteiger partial charge in [0.1, 0.15) is 16.3 Å². The zero-order valence-electron chi connectivity index (χ0n) is 15.7. The molecule has 0 spiro atoms. The fourth-order valence-corrected chi connectivity index (χ4v) is 4.96. The van der Waals surface area contributed by atoms with E-state index < -0.39 is 0 Å². The zero-order chi connectivity index (χ0) is 18.8. The van der Waals surface area contributed by atoms with Gasteiger partial charge in [-0.05, 0) is 61.4 Å². The standard InChI is InChI=1S/C21H24N2O3S/c1-14-4-9-17-18(12-14)27-20-19(17)21(24)23(13-22-20)10-3-11-26-16-7-5-15(25-2)6-8-16/h5-8,13-14H,3-4,9-12H2,1-2H3. The topological polar surface area (TPSA) is 53.4 Å². The predicted octanol–water partition coefficient (Wildman–Crippen LogP) is 4.06. The lowest BCUT2D eigenvalue weighted by Gasteiger charge is -2.17. The Balaban J connectivity index is 1.43. The van der Waals surface area contributed by atoms with E-state index in [0.717, 1.165) is 47.4 Å². The SMILES string of the molecule is COc1ccc(OCCCn2cnc3sc4c(c3c2=O)CCC(C)C4)cc1. The molecule has 1 atom stereocenters. The molecule has 2 heterocycles.